The molecule has 1 saturated carbocycles. The number of ether oxygens (including phenoxy) is 2. The van der Waals surface area contributed by atoms with Crippen molar-refractivity contribution in [1.82, 2.24) is 10.6 Å². The number of nitrogens with zero attached hydrogens (tertiary/aromatic N) is 1. The van der Waals surface area contributed by atoms with Crippen molar-refractivity contribution in [2.45, 2.75) is 57.3 Å². The standard InChI is InChI=1S/C24H39N3O3/c1-3-25-22(26-17-23(13-15-28)14-16-30-19-23)27-18-24(11-5-4-6-12-24)20-7-9-21(29-2)10-8-20/h7-10,28H,3-6,11-19H2,1-2H3,(H2,25,26,27). The summed E-state index contributed by atoms with van der Waals surface area (Å²) in [6.07, 6.45) is 7.92. The number of aliphatic hydroxyl groups is 1. The lowest BCUT2D eigenvalue weighted by atomic mass is 9.69. The monoisotopic (exact) mass is 417 g/mol. The summed E-state index contributed by atoms with van der Waals surface area (Å²) in [6, 6.07) is 8.59. The number of nitrogens with one attached hydrogen (secondary N) is 2. The van der Waals surface area contributed by atoms with Crippen LogP contribution in [0.15, 0.2) is 29.3 Å². The van der Waals surface area contributed by atoms with Crippen molar-refractivity contribution >= 4 is 5.96 Å². The van der Waals surface area contributed by atoms with E-state index in [9.17, 15) is 5.11 Å². The first-order chi connectivity index (χ1) is 14.7. The Morgan fingerprint density at radius 1 is 1.13 bits per heavy atom. The van der Waals surface area contributed by atoms with Crippen LogP contribution in [0, 0.1) is 5.41 Å². The van der Waals surface area contributed by atoms with Gasteiger partial charge in [-0.2, -0.15) is 0 Å². The number of methoxy groups -OCH3 is 1. The van der Waals surface area contributed by atoms with E-state index in [1.807, 2.05) is 0 Å². The first-order valence-corrected chi connectivity index (χ1v) is 11.5. The zero-order valence-corrected chi connectivity index (χ0v) is 18.7. The van der Waals surface area contributed by atoms with Gasteiger partial charge in [-0.1, -0.05) is 31.4 Å². The molecular weight excluding hydrogens is 378 g/mol. The Morgan fingerprint density at radius 2 is 1.90 bits per heavy atom. The molecule has 2 fully saturated rings. The molecule has 2 aliphatic rings. The summed E-state index contributed by atoms with van der Waals surface area (Å²) >= 11 is 0. The molecular formula is C24H39N3O3. The summed E-state index contributed by atoms with van der Waals surface area (Å²) < 4.78 is 11.0. The fourth-order valence-corrected chi connectivity index (χ4v) is 4.87. The van der Waals surface area contributed by atoms with Gasteiger partial charge < -0.3 is 25.2 Å². The zero-order valence-electron chi connectivity index (χ0n) is 18.7. The highest BCUT2D eigenvalue weighted by molar-refractivity contribution is 5.80. The number of aliphatic imine (C=N–C) groups is 1. The summed E-state index contributed by atoms with van der Waals surface area (Å²) in [5, 5.41) is 16.5. The maximum Gasteiger partial charge on any atom is 0.191 e. The Labute approximate surface area is 181 Å². The molecule has 0 radical (unpaired) electrons. The van der Waals surface area contributed by atoms with Crippen LogP contribution in [0.25, 0.3) is 0 Å². The second-order valence-corrected chi connectivity index (χ2v) is 8.89. The van der Waals surface area contributed by atoms with E-state index < -0.39 is 0 Å². The van der Waals surface area contributed by atoms with Gasteiger partial charge in [-0.15, -0.1) is 0 Å². The van der Waals surface area contributed by atoms with Crippen LogP contribution in [0.5, 0.6) is 5.75 Å². The predicted octanol–water partition coefficient (Wildman–Crippen LogP) is 3.24. The minimum absolute atomic E-state index is 0.0321. The van der Waals surface area contributed by atoms with Crippen LogP contribution >= 0.6 is 0 Å². The molecule has 1 aromatic carbocycles. The smallest absolute Gasteiger partial charge is 0.191 e. The highest BCUT2D eigenvalue weighted by atomic mass is 16.5. The molecule has 6 nitrogen and oxygen atoms in total. The molecule has 30 heavy (non-hydrogen) atoms. The van der Waals surface area contributed by atoms with Gasteiger partial charge >= 0.3 is 0 Å². The van der Waals surface area contributed by atoms with E-state index in [1.165, 1.54) is 37.7 Å². The first-order valence-electron chi connectivity index (χ1n) is 11.5. The number of guanidine groups is 1. The molecule has 1 unspecified atom stereocenters. The van der Waals surface area contributed by atoms with E-state index in [2.05, 4.69) is 41.8 Å². The average Bonchev–Trinajstić information content (AvgIpc) is 3.25. The van der Waals surface area contributed by atoms with Crippen molar-refractivity contribution in [2.75, 3.05) is 46.6 Å². The van der Waals surface area contributed by atoms with Crippen LogP contribution in [-0.4, -0.2) is 57.6 Å². The topological polar surface area (TPSA) is 75.1 Å². The van der Waals surface area contributed by atoms with E-state index in [0.29, 0.717) is 13.2 Å². The molecule has 6 heteroatoms. The maximum absolute atomic E-state index is 9.49. The maximum atomic E-state index is 9.49. The zero-order chi connectivity index (χ0) is 21.3. The number of rotatable bonds is 9. The minimum Gasteiger partial charge on any atom is -0.497 e. The van der Waals surface area contributed by atoms with Crippen LogP contribution in [0.1, 0.15) is 57.4 Å². The van der Waals surface area contributed by atoms with Crippen LogP contribution in [0.2, 0.25) is 0 Å². The molecule has 168 valence electrons. The highest BCUT2D eigenvalue weighted by Gasteiger charge is 2.36. The lowest BCUT2D eigenvalue weighted by Crippen LogP contribution is -2.47. The van der Waals surface area contributed by atoms with Gasteiger partial charge in [-0.25, -0.2) is 0 Å². The Bertz CT molecular complexity index is 663. The van der Waals surface area contributed by atoms with E-state index in [-0.39, 0.29) is 17.4 Å². The van der Waals surface area contributed by atoms with Crippen molar-refractivity contribution in [2.24, 2.45) is 10.4 Å². The van der Waals surface area contributed by atoms with Gasteiger partial charge in [0.15, 0.2) is 5.96 Å². The fourth-order valence-electron chi connectivity index (χ4n) is 4.87. The Morgan fingerprint density at radius 3 is 2.50 bits per heavy atom. The van der Waals surface area contributed by atoms with Crippen molar-refractivity contribution in [3.8, 4) is 5.75 Å². The summed E-state index contributed by atoms with van der Waals surface area (Å²) in [7, 11) is 1.71. The van der Waals surface area contributed by atoms with E-state index >= 15 is 0 Å². The largest absolute Gasteiger partial charge is 0.497 e. The number of hydrogen-bond acceptors (Lipinski definition) is 4. The minimum atomic E-state index is -0.0321. The molecule has 1 aliphatic carbocycles. The quantitative estimate of drug-likeness (QED) is 0.425. The van der Waals surface area contributed by atoms with Crippen LogP contribution in [0.4, 0.5) is 0 Å². The summed E-state index contributed by atoms with van der Waals surface area (Å²) in [5.41, 5.74) is 1.47. The molecule has 0 amide bonds. The van der Waals surface area contributed by atoms with Crippen molar-refractivity contribution in [3.63, 3.8) is 0 Å². The summed E-state index contributed by atoms with van der Waals surface area (Å²) in [4.78, 5) is 4.91. The average molecular weight is 418 g/mol. The molecule has 3 N–H and O–H groups in total. The highest BCUT2D eigenvalue weighted by Crippen LogP contribution is 2.39. The first kappa shape index (κ1) is 22.9. The lowest BCUT2D eigenvalue weighted by Gasteiger charge is -2.38. The molecule has 1 aliphatic heterocycles. The SMILES string of the molecule is CCNC(=NCC1(CCO)CCOC1)NCC1(c2ccc(OC)cc2)CCCCC1. The molecule has 1 saturated heterocycles. The van der Waals surface area contributed by atoms with Gasteiger partial charge in [0.05, 0.1) is 20.3 Å². The number of aliphatic hydroxyl groups excluding tert-OH is 1. The van der Waals surface area contributed by atoms with Crippen LogP contribution < -0.4 is 15.4 Å². The number of benzene rings is 1. The normalized spacial score (nSPS) is 23.9. The van der Waals surface area contributed by atoms with Gasteiger partial charge in [0.2, 0.25) is 0 Å². The van der Waals surface area contributed by atoms with Gasteiger partial charge in [-0.05, 0) is 50.3 Å². The van der Waals surface area contributed by atoms with Crippen LogP contribution in [0.3, 0.4) is 0 Å². The van der Waals surface area contributed by atoms with E-state index in [4.69, 9.17) is 14.5 Å². The van der Waals surface area contributed by atoms with Gasteiger partial charge in [0.25, 0.3) is 0 Å². The number of hydrogen-bond donors (Lipinski definition) is 3. The summed E-state index contributed by atoms with van der Waals surface area (Å²) in [6.45, 7) is 6.10. The predicted molar refractivity (Wildman–Crippen MR) is 121 cm³/mol. The molecule has 1 heterocycles. The summed E-state index contributed by atoms with van der Waals surface area (Å²) in [5.74, 6) is 1.76. The van der Waals surface area contributed by atoms with Crippen molar-refractivity contribution in [1.29, 1.82) is 0 Å². The van der Waals surface area contributed by atoms with Crippen molar-refractivity contribution in [3.05, 3.63) is 29.8 Å². The van der Waals surface area contributed by atoms with E-state index in [0.717, 1.165) is 44.2 Å². The molecule has 3 rings (SSSR count). The van der Waals surface area contributed by atoms with Crippen molar-refractivity contribution < 1.29 is 14.6 Å². The molecule has 0 bridgehead atoms. The van der Waals surface area contributed by atoms with Gasteiger partial charge in [0.1, 0.15) is 5.75 Å². The molecule has 1 atom stereocenters. The second kappa shape index (κ2) is 11.0. The Kier molecular flexibility index (Phi) is 8.40. The van der Waals surface area contributed by atoms with Crippen LogP contribution in [-0.2, 0) is 10.2 Å². The van der Waals surface area contributed by atoms with Gasteiger partial charge in [-0.3, -0.25) is 4.99 Å². The Balaban J connectivity index is 1.72. The second-order valence-electron chi connectivity index (χ2n) is 8.89. The van der Waals surface area contributed by atoms with E-state index in [1.54, 1.807) is 7.11 Å². The molecule has 1 aromatic rings. The molecule has 0 spiro atoms. The molecule has 0 aromatic heterocycles. The third-order valence-corrected chi connectivity index (χ3v) is 6.85. The lowest BCUT2D eigenvalue weighted by molar-refractivity contribution is 0.131. The fraction of sp³-hybridized carbons (Fsp3) is 0.708. The third kappa shape index (κ3) is 5.67. The van der Waals surface area contributed by atoms with Gasteiger partial charge in [0, 0.05) is 37.1 Å². The third-order valence-electron chi connectivity index (χ3n) is 6.85. The Hall–Kier alpha value is -1.79.